The van der Waals surface area contributed by atoms with Gasteiger partial charge in [0.2, 0.25) is 5.82 Å². The first-order valence-electron chi connectivity index (χ1n) is 35.2. The quantitative estimate of drug-likeness (QED) is 0.0511. The lowest BCUT2D eigenvalue weighted by Crippen LogP contribution is -2.46. The summed E-state index contributed by atoms with van der Waals surface area (Å²) in [5.74, 6) is -12.3. The van der Waals surface area contributed by atoms with E-state index in [2.05, 4.69) is 30.8 Å². The number of fused-ring (bicyclic) bond motifs is 6. The molecule has 12 nitrogen and oxygen atoms in total. The van der Waals surface area contributed by atoms with Gasteiger partial charge in [0.25, 0.3) is 17.7 Å². The molecule has 3 spiro atoms. The second-order valence-electron chi connectivity index (χ2n) is 28.1. The molecule has 9 heterocycles. The third-order valence-electron chi connectivity index (χ3n) is 21.4. The van der Waals surface area contributed by atoms with Gasteiger partial charge in [0.05, 0.1) is 11.1 Å². The molecule has 0 radical (unpaired) electrons. The Kier molecular flexibility index (Phi) is 24.5. The van der Waals surface area contributed by atoms with Crippen molar-refractivity contribution in [1.82, 2.24) is 29.7 Å². The number of hydrogen-bond donors (Lipinski definition) is 0. The average molecular weight is 1660 g/mol. The minimum Gasteiger partial charge on any atom is -0.307 e. The molecule has 0 aliphatic carbocycles. The average Bonchev–Trinajstić information content (AvgIpc) is 1.60. The maximum atomic E-state index is 14.0. The number of rotatable bonds is 12. The molecule has 0 N–H and O–H groups in total. The maximum absolute atomic E-state index is 14.0. The van der Waals surface area contributed by atoms with Crippen molar-refractivity contribution in [3.63, 3.8) is 0 Å². The zero-order valence-electron chi connectivity index (χ0n) is 58.7. The largest absolute Gasteiger partial charge is 0.416 e. The normalized spacial score (nSPS) is 17.2. The van der Waals surface area contributed by atoms with E-state index in [1.54, 1.807) is 52.3 Å². The van der Waals surface area contributed by atoms with E-state index < -0.39 is 68.9 Å². The molecule has 0 unspecified atom stereocenters. The molecule has 576 valence electrons. The van der Waals surface area contributed by atoms with Gasteiger partial charge < -0.3 is 14.7 Å². The highest BCUT2D eigenvalue weighted by molar-refractivity contribution is 6.34. The maximum Gasteiger partial charge on any atom is 0.416 e. The molecule has 0 saturated carbocycles. The summed E-state index contributed by atoms with van der Waals surface area (Å²) >= 11 is 42.7. The molecule has 9 aromatic rings. The summed E-state index contributed by atoms with van der Waals surface area (Å²) in [4.78, 5) is 63.8. The summed E-state index contributed by atoms with van der Waals surface area (Å²) in [6.07, 6.45) is 13.0. The highest BCUT2D eigenvalue weighted by atomic mass is 35.5. The van der Waals surface area contributed by atoms with Crippen LogP contribution in [0.25, 0.3) is 18.2 Å². The second kappa shape index (κ2) is 33.7. The molecule has 0 bridgehead atoms. The molecule has 6 aliphatic heterocycles. The Bertz CT molecular complexity index is 5100. The number of nitrogens with zero attached hydrogens (tertiary/aromatic N) is 9. The first-order valence-corrected chi connectivity index (χ1v) is 37.9. The second-order valence-corrected chi connectivity index (χ2v) is 31.0. The van der Waals surface area contributed by atoms with E-state index in [1.807, 2.05) is 70.5 Å². The minimum absolute atomic E-state index is 0.100. The van der Waals surface area contributed by atoms with Gasteiger partial charge in [-0.1, -0.05) is 136 Å². The molecule has 3 aromatic heterocycles. The van der Waals surface area contributed by atoms with E-state index >= 15 is 0 Å². The number of piperidine rings is 3. The number of carbonyl (C=O) groups excluding carboxylic acids is 3. The predicted molar refractivity (Wildman–Crippen MR) is 415 cm³/mol. The number of alkyl halides is 3. The number of hydrogen-bond acceptors (Lipinski definition) is 9. The molecule has 111 heavy (non-hydrogen) atoms. The number of aromatic nitrogens is 3. The minimum atomic E-state index is -4.46. The summed E-state index contributed by atoms with van der Waals surface area (Å²) < 4.78 is 136. The lowest BCUT2D eigenvalue weighted by atomic mass is 9.74. The van der Waals surface area contributed by atoms with E-state index in [-0.39, 0.29) is 50.3 Å². The Morgan fingerprint density at radius 3 is 1.18 bits per heavy atom. The Balaban J connectivity index is 0.000000146. The number of carbonyl (C=O) groups is 3. The third-order valence-corrected chi connectivity index (χ3v) is 22.9. The number of likely N-dealkylation sites (tertiary alicyclic amines) is 3. The van der Waals surface area contributed by atoms with Gasteiger partial charge in [0, 0.05) is 117 Å². The number of amides is 3. The highest BCUT2D eigenvalue weighted by Crippen LogP contribution is 2.52. The van der Waals surface area contributed by atoms with Crippen LogP contribution in [0, 0.1) is 40.7 Å². The van der Waals surface area contributed by atoms with Gasteiger partial charge in [-0.3, -0.25) is 29.1 Å². The van der Waals surface area contributed by atoms with Gasteiger partial charge in [-0.25, -0.2) is 45.7 Å². The van der Waals surface area contributed by atoms with Crippen molar-refractivity contribution in [2.24, 2.45) is 0 Å². The topological polar surface area (TPSA) is 109 Å². The first kappa shape index (κ1) is 80.7. The summed E-state index contributed by atoms with van der Waals surface area (Å²) in [7, 11) is 0. The van der Waals surface area contributed by atoms with Crippen molar-refractivity contribution in [2.45, 2.75) is 60.9 Å². The number of halogens is 17. The van der Waals surface area contributed by atoms with Crippen molar-refractivity contribution in [3.8, 4) is 0 Å². The van der Waals surface area contributed by atoms with E-state index in [9.17, 15) is 58.3 Å². The molecular weight excluding hydrogens is 1600 g/mol. The lowest BCUT2D eigenvalue weighted by Gasteiger charge is -2.39. The fourth-order valence-electron chi connectivity index (χ4n) is 15.5. The van der Waals surface area contributed by atoms with E-state index in [0.717, 1.165) is 78.7 Å². The van der Waals surface area contributed by atoms with Gasteiger partial charge >= 0.3 is 6.18 Å². The van der Waals surface area contributed by atoms with Gasteiger partial charge in [0.1, 0.15) is 20.6 Å². The number of anilines is 3. The van der Waals surface area contributed by atoms with Crippen molar-refractivity contribution >= 4 is 134 Å². The molecule has 3 fully saturated rings. The molecule has 29 heteroatoms. The van der Waals surface area contributed by atoms with Crippen molar-refractivity contribution in [2.75, 3.05) is 93.2 Å². The van der Waals surface area contributed by atoms with Crippen LogP contribution < -0.4 is 14.7 Å². The molecule has 6 aromatic carbocycles. The van der Waals surface area contributed by atoms with Crippen LogP contribution in [0.4, 0.5) is 61.0 Å². The van der Waals surface area contributed by atoms with Gasteiger partial charge in [-0.05, 0) is 221 Å². The monoisotopic (exact) mass is 1660 g/mol. The van der Waals surface area contributed by atoms with E-state index in [0.29, 0.717) is 127 Å². The zero-order chi connectivity index (χ0) is 78.8. The molecule has 3 saturated heterocycles. The van der Waals surface area contributed by atoms with Gasteiger partial charge in [-0.2, -0.15) is 13.2 Å². The number of pyridine rings is 3. The van der Waals surface area contributed by atoms with E-state index in [4.69, 9.17) is 81.2 Å². The molecule has 0 atom stereocenters. The predicted octanol–water partition coefficient (Wildman–Crippen LogP) is 20.9. The molecule has 3 amide bonds. The third kappa shape index (κ3) is 17.7. The summed E-state index contributed by atoms with van der Waals surface area (Å²) in [6, 6.07) is 35.5. The van der Waals surface area contributed by atoms with Crippen LogP contribution >= 0.6 is 81.2 Å². The lowest BCUT2D eigenvalue weighted by molar-refractivity contribution is -0.137. The van der Waals surface area contributed by atoms with Crippen LogP contribution in [-0.4, -0.2) is 126 Å². The standard InChI is InChI=1S/C28H24Cl2F3N3O.C27H19Cl3F5N3O.C27H23Cl2F2N3O/c29-22-6-3-19(4-7-22)2-1-13-35-14-10-27(11-15-35)18-36(26(37)20-9-12-34-25(30)16-20)24-8-5-21(17-23(24)27)28(31,32)33;28-15-3-4-18-17(12-15)27(13-38(18)26(39)14-10-19(29)36-20(30)11-14)5-8-37(9-6-27)7-1-2-16-21(31)23(33)25(35)24(34)22(16)32;28-20-4-6-24-21(16-20)27(17-34(24)26(35)19-7-10-32-25(29)15-19)8-12-33(13-9-27)11-1-2-18-3-5-22(30)23(31)14-18/h1-9,12,16-17H,10-11,13-15,18H2;1-4,10-12H,5-9,13H2;1-7,10,14-16H,8-9,11-13,17H2/b3*2-1+. The summed E-state index contributed by atoms with van der Waals surface area (Å²) in [5, 5.41) is 2.54. The van der Waals surface area contributed by atoms with Gasteiger partial charge in [0.15, 0.2) is 34.9 Å². The Labute approximate surface area is 668 Å². The smallest absolute Gasteiger partial charge is 0.307 e. The molecule has 15 rings (SSSR count). The Morgan fingerprint density at radius 1 is 0.387 bits per heavy atom. The van der Waals surface area contributed by atoms with Crippen LogP contribution in [0.2, 0.25) is 35.7 Å². The summed E-state index contributed by atoms with van der Waals surface area (Å²) in [5.41, 5.74) is 4.83. The van der Waals surface area contributed by atoms with Crippen LogP contribution in [0.5, 0.6) is 0 Å². The van der Waals surface area contributed by atoms with Crippen LogP contribution in [-0.2, 0) is 22.4 Å². The fraction of sp³-hybridized carbons (Fsp3) is 0.268. The Morgan fingerprint density at radius 2 is 0.757 bits per heavy atom. The van der Waals surface area contributed by atoms with Crippen LogP contribution in [0.1, 0.15) is 109 Å². The van der Waals surface area contributed by atoms with Crippen LogP contribution in [0.15, 0.2) is 164 Å². The van der Waals surface area contributed by atoms with Gasteiger partial charge in [-0.15, -0.1) is 0 Å². The van der Waals surface area contributed by atoms with Crippen LogP contribution in [0.3, 0.4) is 0 Å². The van der Waals surface area contributed by atoms with Crippen molar-refractivity contribution < 1.29 is 58.3 Å². The number of benzene rings is 6. The highest BCUT2D eigenvalue weighted by Gasteiger charge is 2.50. The first-order chi connectivity index (χ1) is 53.0. The van der Waals surface area contributed by atoms with Crippen molar-refractivity contribution in [3.05, 3.63) is 296 Å². The Hall–Kier alpha value is -8.39. The zero-order valence-corrected chi connectivity index (χ0v) is 64.0. The molecular formula is C82H66Cl7F10N9O3. The van der Waals surface area contributed by atoms with Crippen molar-refractivity contribution in [1.29, 1.82) is 0 Å². The SMILES string of the molecule is O=C(c1cc(Cl)nc(Cl)c1)N1CC2(CCN(C/C=C/c3c(F)c(F)c(F)c(F)c3F)CC2)c2cc(Cl)ccc21.O=C(c1ccnc(Cl)c1)N1CC2(CCN(C/C=C/c3ccc(Cl)cc3)CC2)c2cc(C(F)(F)F)ccc21.O=C(c1ccnc(Cl)c1)N1CC2(CCN(C/C=C/c3ccc(F)c(F)c3)CC2)c2cc(Cl)ccc21. The summed E-state index contributed by atoms with van der Waals surface area (Å²) in [6.45, 7) is 7.20. The fourth-order valence-corrected chi connectivity index (χ4v) is 16.8. The van der Waals surface area contributed by atoms with E-state index in [1.165, 1.54) is 54.9 Å². The molecule has 6 aliphatic rings.